The van der Waals surface area contributed by atoms with Crippen LogP contribution in [0.5, 0.6) is 0 Å². The van der Waals surface area contributed by atoms with Crippen LogP contribution in [0.25, 0.3) is 0 Å². The smallest absolute Gasteiger partial charge is 0.274 e. The highest BCUT2D eigenvalue weighted by atomic mass is 16.1. The topological polar surface area (TPSA) is 58.1 Å². The van der Waals surface area contributed by atoms with Gasteiger partial charge in [0.15, 0.2) is 0 Å². The number of nitrogens with zero attached hydrogens (tertiary/aromatic N) is 3. The van der Waals surface area contributed by atoms with Gasteiger partial charge in [0.25, 0.3) is 5.91 Å². The van der Waals surface area contributed by atoms with E-state index in [1.54, 1.807) is 13.0 Å². The summed E-state index contributed by atoms with van der Waals surface area (Å²) < 4.78 is 0. The first-order chi connectivity index (χ1) is 12.9. The van der Waals surface area contributed by atoms with Crippen molar-refractivity contribution in [3.63, 3.8) is 0 Å². The number of hydrogen-bond acceptors (Lipinski definition) is 4. The van der Waals surface area contributed by atoms with Crippen molar-refractivity contribution in [2.24, 2.45) is 0 Å². The molecule has 0 unspecified atom stereocenters. The molecule has 5 heteroatoms. The highest BCUT2D eigenvalue weighted by Crippen LogP contribution is 2.21. The lowest BCUT2D eigenvalue weighted by Crippen LogP contribution is -2.21. The molecule has 0 spiro atoms. The van der Waals surface area contributed by atoms with Gasteiger partial charge in [-0.1, -0.05) is 48.5 Å². The third-order valence-electron chi connectivity index (χ3n) is 4.43. The molecule has 0 saturated carbocycles. The minimum atomic E-state index is -0.229. The predicted molar refractivity (Wildman–Crippen MR) is 109 cm³/mol. The van der Waals surface area contributed by atoms with E-state index in [9.17, 15) is 4.79 Å². The zero-order valence-electron chi connectivity index (χ0n) is 16.2. The van der Waals surface area contributed by atoms with Crippen molar-refractivity contribution < 1.29 is 4.79 Å². The second-order valence-electron chi connectivity index (χ2n) is 6.72. The molecule has 0 aliphatic rings. The van der Waals surface area contributed by atoms with E-state index in [0.717, 1.165) is 22.6 Å². The first kappa shape index (κ1) is 18.6. The van der Waals surface area contributed by atoms with Crippen LogP contribution in [0.2, 0.25) is 0 Å². The molecule has 1 N–H and O–H groups in total. The van der Waals surface area contributed by atoms with E-state index in [0.29, 0.717) is 18.1 Å². The molecule has 5 nitrogen and oxygen atoms in total. The molecule has 2 aromatic carbocycles. The molecule has 27 heavy (non-hydrogen) atoms. The number of carbonyl (C=O) groups is 1. The van der Waals surface area contributed by atoms with Crippen molar-refractivity contribution in [2.45, 2.75) is 27.3 Å². The van der Waals surface area contributed by atoms with Gasteiger partial charge in [-0.25, -0.2) is 9.97 Å². The third kappa shape index (κ3) is 4.50. The van der Waals surface area contributed by atoms with E-state index < -0.39 is 0 Å². The number of aryl methyl sites for hydroxylation is 3. The van der Waals surface area contributed by atoms with Gasteiger partial charge in [-0.2, -0.15) is 0 Å². The second-order valence-corrected chi connectivity index (χ2v) is 6.72. The number of anilines is 2. The number of amides is 1. The fourth-order valence-corrected chi connectivity index (χ4v) is 2.99. The zero-order chi connectivity index (χ0) is 19.4. The monoisotopic (exact) mass is 360 g/mol. The fourth-order valence-electron chi connectivity index (χ4n) is 2.99. The van der Waals surface area contributed by atoms with Crippen molar-refractivity contribution in [2.75, 3.05) is 17.3 Å². The first-order valence-electron chi connectivity index (χ1n) is 8.92. The van der Waals surface area contributed by atoms with E-state index in [2.05, 4.69) is 27.4 Å². The van der Waals surface area contributed by atoms with E-state index in [-0.39, 0.29) is 5.91 Å². The molecule has 0 atom stereocenters. The SMILES string of the molecule is Cc1nc(C(=O)Nc2c(C)cccc2C)cc(N(C)Cc2ccccc2)n1. The summed E-state index contributed by atoms with van der Waals surface area (Å²) in [4.78, 5) is 23.6. The summed E-state index contributed by atoms with van der Waals surface area (Å²) in [6.45, 7) is 6.46. The molecular formula is C22H24N4O. The maximum Gasteiger partial charge on any atom is 0.274 e. The van der Waals surface area contributed by atoms with Crippen molar-refractivity contribution in [3.05, 3.63) is 82.8 Å². The van der Waals surface area contributed by atoms with Crippen LogP contribution in [-0.2, 0) is 6.54 Å². The molecule has 0 bridgehead atoms. The summed E-state index contributed by atoms with van der Waals surface area (Å²) in [5.74, 6) is 1.06. The van der Waals surface area contributed by atoms with Gasteiger partial charge >= 0.3 is 0 Å². The Hall–Kier alpha value is -3.21. The molecule has 0 fully saturated rings. The highest BCUT2D eigenvalue weighted by molar-refractivity contribution is 6.04. The number of hydrogen-bond donors (Lipinski definition) is 1. The molecule has 138 valence electrons. The van der Waals surface area contributed by atoms with Crippen LogP contribution < -0.4 is 10.2 Å². The van der Waals surface area contributed by atoms with Crippen LogP contribution in [0.1, 0.15) is 33.0 Å². The predicted octanol–water partition coefficient (Wildman–Crippen LogP) is 4.29. The normalized spacial score (nSPS) is 10.5. The summed E-state index contributed by atoms with van der Waals surface area (Å²) >= 11 is 0. The fraction of sp³-hybridized carbons (Fsp3) is 0.227. The summed E-state index contributed by atoms with van der Waals surface area (Å²) in [5.41, 5.74) is 4.42. The summed E-state index contributed by atoms with van der Waals surface area (Å²) in [6.07, 6.45) is 0. The molecule has 3 rings (SSSR count). The summed E-state index contributed by atoms with van der Waals surface area (Å²) in [6, 6.07) is 17.8. The van der Waals surface area contributed by atoms with Crippen LogP contribution in [0.4, 0.5) is 11.5 Å². The van der Waals surface area contributed by atoms with E-state index in [1.165, 1.54) is 5.56 Å². The van der Waals surface area contributed by atoms with Gasteiger partial charge in [0.2, 0.25) is 0 Å². The zero-order valence-corrected chi connectivity index (χ0v) is 16.2. The largest absolute Gasteiger partial charge is 0.355 e. The van der Waals surface area contributed by atoms with Gasteiger partial charge in [-0.05, 0) is 37.5 Å². The Morgan fingerprint density at radius 1 is 0.963 bits per heavy atom. The van der Waals surface area contributed by atoms with Crippen LogP contribution in [0.3, 0.4) is 0 Å². The Labute approximate surface area is 160 Å². The molecule has 0 saturated heterocycles. The molecule has 0 aliphatic heterocycles. The molecule has 3 aromatic rings. The van der Waals surface area contributed by atoms with Crippen molar-refractivity contribution in [3.8, 4) is 0 Å². The average Bonchev–Trinajstić information content (AvgIpc) is 2.65. The number of para-hydroxylation sites is 1. The lowest BCUT2D eigenvalue weighted by molar-refractivity contribution is 0.102. The quantitative estimate of drug-likeness (QED) is 0.737. The van der Waals surface area contributed by atoms with Gasteiger partial charge in [-0.3, -0.25) is 4.79 Å². The Kier molecular flexibility index (Phi) is 5.50. The summed E-state index contributed by atoms with van der Waals surface area (Å²) in [7, 11) is 1.96. The molecule has 1 heterocycles. The average molecular weight is 360 g/mol. The Bertz CT molecular complexity index is 934. The molecule has 1 aromatic heterocycles. The maximum atomic E-state index is 12.8. The van der Waals surface area contributed by atoms with E-state index in [1.807, 2.05) is 62.2 Å². The lowest BCUT2D eigenvalue weighted by Gasteiger charge is -2.19. The van der Waals surface area contributed by atoms with E-state index in [4.69, 9.17) is 0 Å². The summed E-state index contributed by atoms with van der Waals surface area (Å²) in [5, 5.41) is 2.99. The van der Waals surface area contributed by atoms with Crippen molar-refractivity contribution >= 4 is 17.4 Å². The van der Waals surface area contributed by atoms with Gasteiger partial charge in [0.1, 0.15) is 17.3 Å². The highest BCUT2D eigenvalue weighted by Gasteiger charge is 2.15. The minimum absolute atomic E-state index is 0.229. The standard InChI is InChI=1S/C22H24N4O/c1-15-9-8-10-16(2)21(15)25-22(27)19-13-20(24-17(3)23-19)26(4)14-18-11-6-5-7-12-18/h5-13H,14H2,1-4H3,(H,25,27). The maximum absolute atomic E-state index is 12.8. The van der Waals surface area contributed by atoms with Crippen molar-refractivity contribution in [1.82, 2.24) is 9.97 Å². The molecule has 0 radical (unpaired) electrons. The van der Waals surface area contributed by atoms with E-state index >= 15 is 0 Å². The van der Waals surface area contributed by atoms with Gasteiger partial charge in [-0.15, -0.1) is 0 Å². The van der Waals surface area contributed by atoms with Crippen LogP contribution >= 0.6 is 0 Å². The number of aromatic nitrogens is 2. The number of nitrogens with one attached hydrogen (secondary N) is 1. The van der Waals surface area contributed by atoms with Gasteiger partial charge < -0.3 is 10.2 Å². The molecule has 0 aliphatic carbocycles. The Morgan fingerprint density at radius 3 is 2.30 bits per heavy atom. The minimum Gasteiger partial charge on any atom is -0.355 e. The lowest BCUT2D eigenvalue weighted by atomic mass is 10.1. The molecule has 1 amide bonds. The second kappa shape index (κ2) is 7.99. The van der Waals surface area contributed by atoms with Crippen LogP contribution in [-0.4, -0.2) is 22.9 Å². The number of carbonyl (C=O) groups excluding carboxylic acids is 1. The molecular weight excluding hydrogens is 336 g/mol. The van der Waals surface area contributed by atoms with Crippen LogP contribution in [0, 0.1) is 20.8 Å². The first-order valence-corrected chi connectivity index (χ1v) is 8.92. The van der Waals surface area contributed by atoms with Crippen LogP contribution in [0.15, 0.2) is 54.6 Å². The van der Waals surface area contributed by atoms with Crippen molar-refractivity contribution in [1.29, 1.82) is 0 Å². The van der Waals surface area contributed by atoms with Gasteiger partial charge in [0, 0.05) is 25.3 Å². The Balaban J connectivity index is 1.83. The van der Waals surface area contributed by atoms with Gasteiger partial charge in [0.05, 0.1) is 0 Å². The number of rotatable bonds is 5. The number of benzene rings is 2. The Morgan fingerprint density at radius 2 is 1.63 bits per heavy atom. The third-order valence-corrected chi connectivity index (χ3v) is 4.43.